The SMILES string of the molecule is Fc1cc(Br)ccc1CSc1cccc(Br)c1. The molecule has 0 amide bonds. The fraction of sp³-hybridized carbons (Fsp3) is 0.0769. The molecule has 2 aromatic rings. The Labute approximate surface area is 121 Å². The number of hydrogen-bond acceptors (Lipinski definition) is 1. The quantitative estimate of drug-likeness (QED) is 0.625. The van der Waals surface area contributed by atoms with Crippen molar-refractivity contribution in [1.29, 1.82) is 0 Å². The Balaban J connectivity index is 2.07. The lowest BCUT2D eigenvalue weighted by atomic mass is 10.2. The van der Waals surface area contributed by atoms with Crippen LogP contribution in [0.5, 0.6) is 0 Å². The van der Waals surface area contributed by atoms with E-state index in [1.807, 2.05) is 36.4 Å². The predicted molar refractivity (Wildman–Crippen MR) is 77.8 cm³/mol. The molecule has 0 spiro atoms. The van der Waals surface area contributed by atoms with E-state index >= 15 is 0 Å². The molecule has 0 nitrogen and oxygen atoms in total. The second kappa shape index (κ2) is 6.03. The van der Waals surface area contributed by atoms with Gasteiger partial charge in [-0.1, -0.05) is 44.0 Å². The Kier molecular flexibility index (Phi) is 4.65. The number of halogens is 3. The molecule has 0 radical (unpaired) electrons. The second-order valence-corrected chi connectivity index (χ2v) is 6.36. The molecule has 17 heavy (non-hydrogen) atoms. The molecule has 0 aliphatic heterocycles. The van der Waals surface area contributed by atoms with E-state index in [1.165, 1.54) is 6.07 Å². The molecule has 88 valence electrons. The zero-order valence-corrected chi connectivity index (χ0v) is 12.8. The summed E-state index contributed by atoms with van der Waals surface area (Å²) in [5.41, 5.74) is 0.721. The van der Waals surface area contributed by atoms with E-state index < -0.39 is 0 Å². The molecule has 0 heterocycles. The zero-order chi connectivity index (χ0) is 12.3. The highest BCUT2D eigenvalue weighted by Crippen LogP contribution is 2.27. The van der Waals surface area contributed by atoms with Gasteiger partial charge >= 0.3 is 0 Å². The normalized spacial score (nSPS) is 10.5. The summed E-state index contributed by atoms with van der Waals surface area (Å²) in [7, 11) is 0. The molecular formula is C13H9Br2FS. The van der Waals surface area contributed by atoms with Crippen molar-refractivity contribution in [3.05, 3.63) is 62.8 Å². The maximum Gasteiger partial charge on any atom is 0.128 e. The minimum absolute atomic E-state index is 0.165. The van der Waals surface area contributed by atoms with Crippen molar-refractivity contribution in [2.45, 2.75) is 10.6 Å². The summed E-state index contributed by atoms with van der Waals surface area (Å²) in [6.07, 6.45) is 0. The van der Waals surface area contributed by atoms with Crippen LogP contribution in [0.3, 0.4) is 0 Å². The van der Waals surface area contributed by atoms with Crippen molar-refractivity contribution in [3.63, 3.8) is 0 Å². The highest BCUT2D eigenvalue weighted by Gasteiger charge is 2.03. The molecule has 4 heteroatoms. The van der Waals surface area contributed by atoms with Gasteiger partial charge in [-0.2, -0.15) is 0 Å². The zero-order valence-electron chi connectivity index (χ0n) is 8.79. The number of rotatable bonds is 3. The average molecular weight is 376 g/mol. The minimum atomic E-state index is -0.165. The van der Waals surface area contributed by atoms with E-state index in [2.05, 4.69) is 31.9 Å². The highest BCUT2D eigenvalue weighted by atomic mass is 79.9. The van der Waals surface area contributed by atoms with Gasteiger partial charge < -0.3 is 0 Å². The lowest BCUT2D eigenvalue weighted by Gasteiger charge is -2.04. The molecule has 0 fully saturated rings. The van der Waals surface area contributed by atoms with E-state index in [-0.39, 0.29) is 5.82 Å². The number of thioether (sulfide) groups is 1. The van der Waals surface area contributed by atoms with Crippen LogP contribution in [0.25, 0.3) is 0 Å². The molecule has 0 aliphatic rings. The molecule has 2 aromatic carbocycles. The first-order chi connectivity index (χ1) is 8.15. The van der Waals surface area contributed by atoms with Gasteiger partial charge in [0.15, 0.2) is 0 Å². The van der Waals surface area contributed by atoms with E-state index in [0.29, 0.717) is 5.75 Å². The van der Waals surface area contributed by atoms with E-state index in [0.717, 1.165) is 19.4 Å². The summed E-state index contributed by atoms with van der Waals surface area (Å²) < 4.78 is 15.4. The Bertz CT molecular complexity index is 529. The van der Waals surface area contributed by atoms with Crippen LogP contribution < -0.4 is 0 Å². The molecule has 0 saturated carbocycles. The van der Waals surface area contributed by atoms with Gasteiger partial charge in [0, 0.05) is 19.6 Å². The van der Waals surface area contributed by atoms with Crippen molar-refractivity contribution in [3.8, 4) is 0 Å². The van der Waals surface area contributed by atoms with Crippen LogP contribution in [-0.2, 0) is 5.75 Å². The summed E-state index contributed by atoms with van der Waals surface area (Å²) in [4.78, 5) is 1.13. The summed E-state index contributed by atoms with van der Waals surface area (Å²) in [6, 6.07) is 13.2. The van der Waals surface area contributed by atoms with Gasteiger partial charge in [-0.05, 0) is 35.9 Å². The lowest BCUT2D eigenvalue weighted by Crippen LogP contribution is -1.87. The highest BCUT2D eigenvalue weighted by molar-refractivity contribution is 9.10. The van der Waals surface area contributed by atoms with Crippen LogP contribution in [-0.4, -0.2) is 0 Å². The first-order valence-corrected chi connectivity index (χ1v) is 7.54. The minimum Gasteiger partial charge on any atom is -0.207 e. The van der Waals surface area contributed by atoms with E-state index in [9.17, 15) is 4.39 Å². The molecule has 0 saturated heterocycles. The molecule has 0 N–H and O–H groups in total. The maximum atomic E-state index is 13.6. The standard InChI is InChI=1S/C13H9Br2FS/c14-10-2-1-3-12(6-10)17-8-9-4-5-11(15)7-13(9)16/h1-7H,8H2. The van der Waals surface area contributed by atoms with Gasteiger partial charge in [0.2, 0.25) is 0 Å². The molecule has 0 atom stereocenters. The van der Waals surface area contributed by atoms with Crippen molar-refractivity contribution < 1.29 is 4.39 Å². The first-order valence-electron chi connectivity index (χ1n) is 4.97. The third-order valence-corrected chi connectivity index (χ3v) is 4.23. The summed E-state index contributed by atoms with van der Waals surface area (Å²) in [6.45, 7) is 0. The molecular weight excluding hydrogens is 367 g/mol. The van der Waals surface area contributed by atoms with Crippen LogP contribution in [0.1, 0.15) is 5.56 Å². The van der Waals surface area contributed by atoms with Gasteiger partial charge in [-0.25, -0.2) is 4.39 Å². The van der Waals surface area contributed by atoms with Gasteiger partial charge in [0.05, 0.1) is 0 Å². The smallest absolute Gasteiger partial charge is 0.128 e. The third kappa shape index (κ3) is 3.83. The van der Waals surface area contributed by atoms with Crippen LogP contribution in [0.4, 0.5) is 4.39 Å². The van der Waals surface area contributed by atoms with Gasteiger partial charge in [0.1, 0.15) is 5.82 Å². The topological polar surface area (TPSA) is 0 Å². The average Bonchev–Trinajstić information content (AvgIpc) is 2.28. The summed E-state index contributed by atoms with van der Waals surface area (Å²) >= 11 is 8.29. The van der Waals surface area contributed by atoms with Crippen molar-refractivity contribution in [2.75, 3.05) is 0 Å². The molecule has 0 aliphatic carbocycles. The third-order valence-electron chi connectivity index (χ3n) is 2.21. The van der Waals surface area contributed by atoms with Crippen molar-refractivity contribution >= 4 is 43.6 Å². The summed E-state index contributed by atoms with van der Waals surface area (Å²) in [5.74, 6) is 0.470. The van der Waals surface area contributed by atoms with Gasteiger partial charge in [0.25, 0.3) is 0 Å². The van der Waals surface area contributed by atoms with E-state index in [4.69, 9.17) is 0 Å². The van der Waals surface area contributed by atoms with Crippen LogP contribution in [0.15, 0.2) is 56.3 Å². The van der Waals surface area contributed by atoms with Crippen LogP contribution in [0.2, 0.25) is 0 Å². The van der Waals surface area contributed by atoms with Crippen molar-refractivity contribution in [1.82, 2.24) is 0 Å². The fourth-order valence-electron chi connectivity index (χ4n) is 1.36. The molecule has 0 bridgehead atoms. The Morgan fingerprint density at radius 3 is 2.47 bits per heavy atom. The van der Waals surface area contributed by atoms with Gasteiger partial charge in [-0.3, -0.25) is 0 Å². The molecule has 2 rings (SSSR count). The van der Waals surface area contributed by atoms with Crippen LogP contribution >= 0.6 is 43.6 Å². The second-order valence-electron chi connectivity index (χ2n) is 3.48. The molecule has 0 unspecified atom stereocenters. The van der Waals surface area contributed by atoms with Gasteiger partial charge in [-0.15, -0.1) is 11.8 Å². The fourth-order valence-corrected chi connectivity index (χ4v) is 3.18. The first kappa shape index (κ1) is 13.1. The van der Waals surface area contributed by atoms with Crippen molar-refractivity contribution in [2.24, 2.45) is 0 Å². The molecule has 0 aromatic heterocycles. The number of benzene rings is 2. The summed E-state index contributed by atoms with van der Waals surface area (Å²) in [5, 5.41) is 0. The van der Waals surface area contributed by atoms with Crippen LogP contribution in [0, 0.1) is 5.82 Å². The maximum absolute atomic E-state index is 13.6. The Morgan fingerprint density at radius 1 is 1.00 bits per heavy atom. The lowest BCUT2D eigenvalue weighted by molar-refractivity contribution is 0.616. The monoisotopic (exact) mass is 374 g/mol. The largest absolute Gasteiger partial charge is 0.207 e. The Hall–Kier alpha value is -0.320. The Morgan fingerprint density at radius 2 is 1.76 bits per heavy atom. The number of hydrogen-bond donors (Lipinski definition) is 0. The van der Waals surface area contributed by atoms with E-state index in [1.54, 1.807) is 11.8 Å². The predicted octanol–water partition coefficient (Wildman–Crippen LogP) is 5.64.